The number of halogens is 2. The summed E-state index contributed by atoms with van der Waals surface area (Å²) in [5.41, 5.74) is 3.56. The molecular formula is C23H17Cl2N3O3. The van der Waals surface area contributed by atoms with Crippen LogP contribution < -0.4 is 9.75 Å². The number of amides is 1. The average molecular weight is 454 g/mol. The van der Waals surface area contributed by atoms with Crippen LogP contribution in [-0.4, -0.2) is 17.4 Å². The average Bonchev–Trinajstić information content (AvgIpc) is 3.14. The molecule has 8 heteroatoms. The Morgan fingerprint density at radius 1 is 1.16 bits per heavy atom. The molecule has 1 amide bonds. The number of carbonyl (C=O) groups is 2. The number of nitriles is 1. The number of hydrogen-bond acceptors (Lipinski definition) is 5. The van der Waals surface area contributed by atoms with E-state index in [0.717, 1.165) is 17.0 Å². The fraction of sp³-hybridized carbons (Fsp3) is 0.217. The van der Waals surface area contributed by atoms with E-state index in [9.17, 15) is 9.59 Å². The van der Waals surface area contributed by atoms with Gasteiger partial charge in [0.15, 0.2) is 5.75 Å². The van der Waals surface area contributed by atoms with Crippen molar-refractivity contribution in [3.8, 4) is 17.6 Å². The summed E-state index contributed by atoms with van der Waals surface area (Å²) in [7, 11) is 0. The highest BCUT2D eigenvalue weighted by atomic mass is 35.5. The van der Waals surface area contributed by atoms with Gasteiger partial charge in [0.2, 0.25) is 11.5 Å². The van der Waals surface area contributed by atoms with E-state index in [1.807, 2.05) is 18.2 Å². The van der Waals surface area contributed by atoms with Crippen LogP contribution in [0, 0.1) is 17.2 Å². The highest BCUT2D eigenvalue weighted by molar-refractivity contribution is 6.50. The van der Waals surface area contributed by atoms with Crippen molar-refractivity contribution in [1.29, 1.82) is 5.26 Å². The standard InChI is InChI=1S/C23H17Cl2N3O3/c1-12(2)16-6-4-13-3-5-15(9-17(13)16)31-23-18(24)7-14(8-19(23)25)28-22(30)10-21(29)20(11-26)27-28/h3,5-9,12H,4,10H2,1-2H3. The largest absolute Gasteiger partial charge is 0.454 e. The lowest BCUT2D eigenvalue weighted by Crippen LogP contribution is -2.36. The van der Waals surface area contributed by atoms with Gasteiger partial charge in [-0.3, -0.25) is 9.59 Å². The monoisotopic (exact) mass is 453 g/mol. The molecule has 0 aromatic heterocycles. The molecule has 0 spiro atoms. The first-order chi connectivity index (χ1) is 14.8. The van der Waals surface area contributed by atoms with Gasteiger partial charge in [0, 0.05) is 0 Å². The van der Waals surface area contributed by atoms with Crippen LogP contribution in [0.4, 0.5) is 5.69 Å². The Kier molecular flexibility index (Phi) is 5.57. The number of rotatable bonds is 4. The smallest absolute Gasteiger partial charge is 0.255 e. The molecule has 0 bridgehead atoms. The van der Waals surface area contributed by atoms with Crippen molar-refractivity contribution in [3.05, 3.63) is 57.6 Å². The number of hydrogen-bond donors (Lipinski definition) is 0. The number of carbonyl (C=O) groups excluding carboxylic acids is 2. The van der Waals surface area contributed by atoms with Gasteiger partial charge in [0.05, 0.1) is 22.2 Å². The molecule has 2 aromatic rings. The van der Waals surface area contributed by atoms with Crippen molar-refractivity contribution in [3.63, 3.8) is 0 Å². The van der Waals surface area contributed by atoms with E-state index < -0.39 is 18.1 Å². The topological polar surface area (TPSA) is 82.8 Å². The highest BCUT2D eigenvalue weighted by Gasteiger charge is 2.29. The van der Waals surface area contributed by atoms with Crippen LogP contribution in [0.2, 0.25) is 10.0 Å². The Morgan fingerprint density at radius 2 is 1.87 bits per heavy atom. The lowest BCUT2D eigenvalue weighted by molar-refractivity contribution is -0.124. The summed E-state index contributed by atoms with van der Waals surface area (Å²) in [6.45, 7) is 4.30. The van der Waals surface area contributed by atoms with Gasteiger partial charge in [-0.1, -0.05) is 49.2 Å². The molecule has 0 saturated carbocycles. The molecule has 0 N–H and O–H groups in total. The second-order valence-corrected chi connectivity index (χ2v) is 8.36. The molecule has 2 aliphatic rings. The summed E-state index contributed by atoms with van der Waals surface area (Å²) in [6.07, 6.45) is 2.68. The first kappa shape index (κ1) is 21.1. The Morgan fingerprint density at radius 3 is 2.52 bits per heavy atom. The zero-order chi connectivity index (χ0) is 22.3. The van der Waals surface area contributed by atoms with Gasteiger partial charge in [0.1, 0.15) is 11.8 Å². The summed E-state index contributed by atoms with van der Waals surface area (Å²) >= 11 is 12.8. The Bertz CT molecular complexity index is 1200. The van der Waals surface area contributed by atoms with E-state index in [1.54, 1.807) is 6.07 Å². The second kappa shape index (κ2) is 8.18. The first-order valence-electron chi connectivity index (χ1n) is 9.63. The van der Waals surface area contributed by atoms with Crippen molar-refractivity contribution in [2.75, 3.05) is 5.01 Å². The maximum Gasteiger partial charge on any atom is 0.255 e. The van der Waals surface area contributed by atoms with Crippen LogP contribution in [0.15, 0.2) is 41.5 Å². The van der Waals surface area contributed by atoms with E-state index in [2.05, 4.69) is 25.0 Å². The fourth-order valence-electron chi connectivity index (χ4n) is 3.62. The van der Waals surface area contributed by atoms with E-state index in [-0.39, 0.29) is 27.2 Å². The minimum Gasteiger partial charge on any atom is -0.454 e. The summed E-state index contributed by atoms with van der Waals surface area (Å²) in [6, 6.07) is 10.5. The van der Waals surface area contributed by atoms with Gasteiger partial charge in [0.25, 0.3) is 5.91 Å². The third-order valence-corrected chi connectivity index (χ3v) is 5.68. The van der Waals surface area contributed by atoms with Gasteiger partial charge in [-0.2, -0.15) is 15.4 Å². The van der Waals surface area contributed by atoms with Gasteiger partial charge < -0.3 is 4.74 Å². The Labute approximate surface area is 189 Å². The second-order valence-electron chi connectivity index (χ2n) is 7.54. The lowest BCUT2D eigenvalue weighted by atomic mass is 9.97. The fourth-order valence-corrected chi connectivity index (χ4v) is 4.17. The summed E-state index contributed by atoms with van der Waals surface area (Å²) in [5, 5.41) is 14.1. The Hall–Kier alpha value is -3.14. The number of allylic oxidation sites excluding steroid dienone is 2. The maximum atomic E-state index is 12.2. The first-order valence-corrected chi connectivity index (χ1v) is 10.4. The Balaban J connectivity index is 1.65. The van der Waals surface area contributed by atoms with Crippen LogP contribution in [0.1, 0.15) is 31.4 Å². The number of fused-ring (bicyclic) bond motifs is 1. The van der Waals surface area contributed by atoms with Crippen LogP contribution >= 0.6 is 23.2 Å². The molecule has 31 heavy (non-hydrogen) atoms. The van der Waals surface area contributed by atoms with Crippen LogP contribution in [0.3, 0.4) is 0 Å². The van der Waals surface area contributed by atoms with Gasteiger partial charge in [-0.05, 0) is 53.3 Å². The summed E-state index contributed by atoms with van der Waals surface area (Å²) in [5.74, 6) is 0.0397. The number of benzene rings is 2. The highest BCUT2D eigenvalue weighted by Crippen LogP contribution is 2.42. The number of nitrogens with zero attached hydrogens (tertiary/aromatic N) is 3. The van der Waals surface area contributed by atoms with Crippen molar-refractivity contribution in [2.45, 2.75) is 26.7 Å². The zero-order valence-corrected chi connectivity index (χ0v) is 18.3. The number of hydrazone groups is 1. The third-order valence-electron chi connectivity index (χ3n) is 5.12. The number of Topliss-reactive ketones (excluding diaryl/α,β-unsaturated/α-hetero) is 1. The molecule has 0 fully saturated rings. The van der Waals surface area contributed by atoms with Crippen molar-refractivity contribution >= 4 is 51.9 Å². The normalized spacial score (nSPS) is 15.5. The van der Waals surface area contributed by atoms with Gasteiger partial charge >= 0.3 is 0 Å². The molecule has 4 rings (SSSR count). The van der Waals surface area contributed by atoms with Crippen LogP contribution in [-0.2, 0) is 16.0 Å². The lowest BCUT2D eigenvalue weighted by Gasteiger charge is -2.22. The van der Waals surface area contributed by atoms with E-state index in [4.69, 9.17) is 33.2 Å². The summed E-state index contributed by atoms with van der Waals surface area (Å²) < 4.78 is 5.98. The van der Waals surface area contributed by atoms with Crippen molar-refractivity contribution < 1.29 is 14.3 Å². The van der Waals surface area contributed by atoms with Gasteiger partial charge in [-0.25, -0.2) is 0 Å². The SMILES string of the molecule is CC(C)C1=CCc2ccc(Oc3c(Cl)cc(N4N=C(C#N)C(=O)CC4=O)cc3Cl)cc21. The predicted octanol–water partition coefficient (Wildman–Crippen LogP) is 5.57. The predicted molar refractivity (Wildman–Crippen MR) is 120 cm³/mol. The molecule has 1 aliphatic carbocycles. The number of ketones is 1. The maximum absolute atomic E-state index is 12.2. The molecule has 0 radical (unpaired) electrons. The molecule has 1 heterocycles. The molecule has 0 saturated heterocycles. The van der Waals surface area contributed by atoms with Crippen LogP contribution in [0.5, 0.6) is 11.5 Å². The van der Waals surface area contributed by atoms with E-state index in [0.29, 0.717) is 11.7 Å². The molecule has 156 valence electrons. The summed E-state index contributed by atoms with van der Waals surface area (Å²) in [4.78, 5) is 23.9. The molecule has 1 aliphatic heterocycles. The van der Waals surface area contributed by atoms with Crippen LogP contribution in [0.25, 0.3) is 5.57 Å². The number of anilines is 1. The van der Waals surface area contributed by atoms with E-state index in [1.165, 1.54) is 23.3 Å². The number of ether oxygens (including phenoxy) is 1. The third kappa shape index (κ3) is 3.95. The molecule has 0 atom stereocenters. The minimum absolute atomic E-state index is 0.168. The minimum atomic E-state index is -0.618. The molecular weight excluding hydrogens is 437 g/mol. The molecule has 2 aromatic carbocycles. The molecule has 0 unspecified atom stereocenters. The quantitative estimate of drug-likeness (QED) is 0.566. The van der Waals surface area contributed by atoms with Crippen molar-refractivity contribution in [2.24, 2.45) is 11.0 Å². The van der Waals surface area contributed by atoms with Crippen molar-refractivity contribution in [1.82, 2.24) is 0 Å². The van der Waals surface area contributed by atoms with E-state index >= 15 is 0 Å². The van der Waals surface area contributed by atoms with Gasteiger partial charge in [-0.15, -0.1) is 0 Å². The molecule has 6 nitrogen and oxygen atoms in total. The zero-order valence-electron chi connectivity index (χ0n) is 16.8.